The molecular weight excluding hydrogens is 360 g/mol. The molecule has 0 aromatic heterocycles. The van der Waals surface area contributed by atoms with E-state index in [0.29, 0.717) is 11.3 Å². The van der Waals surface area contributed by atoms with Gasteiger partial charge in [-0.05, 0) is 50.2 Å². The molecule has 28 heavy (non-hydrogen) atoms. The fraction of sp³-hybridized carbons (Fsp3) is 0.250. The fourth-order valence-corrected chi connectivity index (χ4v) is 2.31. The Bertz CT molecular complexity index is 836. The molecule has 8 nitrogen and oxygen atoms in total. The van der Waals surface area contributed by atoms with Crippen molar-refractivity contribution in [3.05, 3.63) is 59.7 Å². The highest BCUT2D eigenvalue weighted by molar-refractivity contribution is 5.97. The Kier molecular flexibility index (Phi) is 7.38. The number of ether oxygens (including phenoxy) is 1. The molecule has 148 valence electrons. The Morgan fingerprint density at radius 1 is 1.04 bits per heavy atom. The molecule has 2 rings (SSSR count). The molecule has 0 aliphatic heterocycles. The van der Waals surface area contributed by atoms with Gasteiger partial charge in [0.2, 0.25) is 0 Å². The minimum Gasteiger partial charge on any atom is -0.497 e. The van der Waals surface area contributed by atoms with Gasteiger partial charge in [-0.25, -0.2) is 0 Å². The van der Waals surface area contributed by atoms with E-state index in [0.717, 1.165) is 11.3 Å². The van der Waals surface area contributed by atoms with Gasteiger partial charge in [-0.15, -0.1) is 0 Å². The molecule has 0 radical (unpaired) electrons. The van der Waals surface area contributed by atoms with Crippen LogP contribution in [0.5, 0.6) is 5.75 Å². The molecule has 3 amide bonds. The number of carbonyl (C=O) groups excluding carboxylic acids is 3. The first kappa shape index (κ1) is 20.8. The Hall–Kier alpha value is -3.55. The molecular formula is C20H24N4O4. The van der Waals surface area contributed by atoms with Crippen molar-refractivity contribution in [2.75, 3.05) is 19.0 Å². The zero-order valence-corrected chi connectivity index (χ0v) is 16.0. The first-order valence-electron chi connectivity index (χ1n) is 8.73. The minimum absolute atomic E-state index is 0.0311. The lowest BCUT2D eigenvalue weighted by Crippen LogP contribution is -2.52. The van der Waals surface area contributed by atoms with E-state index in [1.165, 1.54) is 6.92 Å². The number of nitrogens with one attached hydrogen (secondary N) is 4. The average molecular weight is 384 g/mol. The van der Waals surface area contributed by atoms with E-state index < -0.39 is 17.9 Å². The van der Waals surface area contributed by atoms with Crippen LogP contribution in [0, 0.1) is 6.92 Å². The monoisotopic (exact) mass is 384 g/mol. The Morgan fingerprint density at radius 3 is 2.39 bits per heavy atom. The van der Waals surface area contributed by atoms with Gasteiger partial charge in [0.05, 0.1) is 13.7 Å². The van der Waals surface area contributed by atoms with Gasteiger partial charge in [0.25, 0.3) is 17.7 Å². The molecule has 1 unspecified atom stereocenters. The van der Waals surface area contributed by atoms with Crippen LogP contribution in [0.1, 0.15) is 22.8 Å². The van der Waals surface area contributed by atoms with E-state index in [2.05, 4.69) is 21.5 Å². The molecule has 2 aromatic rings. The van der Waals surface area contributed by atoms with Gasteiger partial charge in [-0.1, -0.05) is 17.7 Å². The zero-order valence-electron chi connectivity index (χ0n) is 16.0. The summed E-state index contributed by atoms with van der Waals surface area (Å²) >= 11 is 0. The number of hydrazine groups is 1. The topological polar surface area (TPSA) is 109 Å². The normalized spacial score (nSPS) is 11.1. The largest absolute Gasteiger partial charge is 0.497 e. The first-order valence-corrected chi connectivity index (χ1v) is 8.73. The van der Waals surface area contributed by atoms with Gasteiger partial charge in [0.1, 0.15) is 11.8 Å². The second-order valence-electron chi connectivity index (χ2n) is 6.18. The maximum absolute atomic E-state index is 12.2. The Balaban J connectivity index is 1.74. The van der Waals surface area contributed by atoms with Crippen molar-refractivity contribution in [1.29, 1.82) is 0 Å². The molecule has 0 saturated carbocycles. The predicted octanol–water partition coefficient (Wildman–Crippen LogP) is 1.38. The molecule has 4 N–H and O–H groups in total. The van der Waals surface area contributed by atoms with E-state index in [9.17, 15) is 14.4 Å². The van der Waals surface area contributed by atoms with Crippen molar-refractivity contribution in [2.24, 2.45) is 0 Å². The van der Waals surface area contributed by atoms with Gasteiger partial charge in [-0.2, -0.15) is 0 Å². The van der Waals surface area contributed by atoms with Crippen LogP contribution in [-0.4, -0.2) is 37.4 Å². The van der Waals surface area contributed by atoms with E-state index in [-0.39, 0.29) is 12.5 Å². The van der Waals surface area contributed by atoms with E-state index in [1.807, 2.05) is 13.0 Å². The number of hydrogen-bond donors (Lipinski definition) is 4. The third kappa shape index (κ3) is 6.31. The van der Waals surface area contributed by atoms with Crippen molar-refractivity contribution in [2.45, 2.75) is 19.9 Å². The predicted molar refractivity (Wildman–Crippen MR) is 106 cm³/mol. The summed E-state index contributed by atoms with van der Waals surface area (Å²) in [6, 6.07) is 13.3. The van der Waals surface area contributed by atoms with E-state index in [1.54, 1.807) is 49.6 Å². The lowest BCUT2D eigenvalue weighted by Gasteiger charge is -2.15. The lowest BCUT2D eigenvalue weighted by molar-refractivity contribution is -0.128. The van der Waals surface area contributed by atoms with Crippen LogP contribution in [0.4, 0.5) is 5.69 Å². The van der Waals surface area contributed by atoms with Gasteiger partial charge < -0.3 is 15.4 Å². The first-order chi connectivity index (χ1) is 13.4. The number of rotatable bonds is 7. The lowest BCUT2D eigenvalue weighted by atomic mass is 10.1. The maximum atomic E-state index is 12.2. The summed E-state index contributed by atoms with van der Waals surface area (Å²) in [4.78, 5) is 36.1. The number of carbonyl (C=O) groups is 3. The van der Waals surface area contributed by atoms with Crippen LogP contribution in [0.3, 0.4) is 0 Å². The maximum Gasteiger partial charge on any atom is 0.260 e. The fourth-order valence-electron chi connectivity index (χ4n) is 2.31. The molecule has 0 bridgehead atoms. The van der Waals surface area contributed by atoms with Crippen molar-refractivity contribution in [1.82, 2.24) is 16.2 Å². The molecule has 0 fully saturated rings. The Morgan fingerprint density at radius 2 is 1.75 bits per heavy atom. The third-order valence-electron chi connectivity index (χ3n) is 3.89. The summed E-state index contributed by atoms with van der Waals surface area (Å²) in [6.45, 7) is 3.38. The van der Waals surface area contributed by atoms with Crippen LogP contribution in [0.25, 0.3) is 0 Å². The van der Waals surface area contributed by atoms with Crippen LogP contribution in [0.2, 0.25) is 0 Å². The molecule has 8 heteroatoms. The van der Waals surface area contributed by atoms with Crippen molar-refractivity contribution >= 4 is 23.4 Å². The quantitative estimate of drug-likeness (QED) is 0.540. The molecule has 2 aromatic carbocycles. The number of benzene rings is 2. The standard InChI is InChI=1S/C20H24N4O4/c1-13-5-4-6-15(11-13)20(27)22-14(2)19(26)24-23-18(25)12-21-16-7-9-17(28-3)10-8-16/h4-11,14,21H,12H2,1-3H3,(H,22,27)(H,23,25)(H,24,26). The van der Waals surface area contributed by atoms with E-state index >= 15 is 0 Å². The second kappa shape index (κ2) is 9.96. The molecule has 0 aliphatic carbocycles. The van der Waals surface area contributed by atoms with Crippen molar-refractivity contribution in [3.63, 3.8) is 0 Å². The van der Waals surface area contributed by atoms with Crippen LogP contribution in [-0.2, 0) is 9.59 Å². The van der Waals surface area contributed by atoms with Gasteiger partial charge in [0.15, 0.2) is 0 Å². The second-order valence-corrected chi connectivity index (χ2v) is 6.18. The minimum atomic E-state index is -0.817. The molecule has 0 saturated heterocycles. The molecule has 1 atom stereocenters. The van der Waals surface area contributed by atoms with Crippen LogP contribution < -0.4 is 26.2 Å². The third-order valence-corrected chi connectivity index (χ3v) is 3.89. The summed E-state index contributed by atoms with van der Waals surface area (Å²) < 4.78 is 5.06. The summed E-state index contributed by atoms with van der Waals surface area (Å²) in [5.41, 5.74) is 6.74. The number of hydrogen-bond acceptors (Lipinski definition) is 5. The average Bonchev–Trinajstić information content (AvgIpc) is 2.70. The van der Waals surface area contributed by atoms with Gasteiger partial charge in [0, 0.05) is 11.3 Å². The highest BCUT2D eigenvalue weighted by atomic mass is 16.5. The molecule has 0 aliphatic rings. The summed E-state index contributed by atoms with van der Waals surface area (Å²) in [5, 5.41) is 5.50. The van der Waals surface area contributed by atoms with Gasteiger partial charge in [-0.3, -0.25) is 25.2 Å². The number of aryl methyl sites for hydroxylation is 1. The SMILES string of the molecule is COc1ccc(NCC(=O)NNC(=O)C(C)NC(=O)c2cccc(C)c2)cc1. The summed E-state index contributed by atoms with van der Waals surface area (Å²) in [5.74, 6) is -0.608. The zero-order chi connectivity index (χ0) is 20.5. The van der Waals surface area contributed by atoms with E-state index in [4.69, 9.17) is 4.74 Å². The smallest absolute Gasteiger partial charge is 0.260 e. The summed E-state index contributed by atoms with van der Waals surface area (Å²) in [6.07, 6.45) is 0. The van der Waals surface area contributed by atoms with Gasteiger partial charge >= 0.3 is 0 Å². The number of anilines is 1. The highest BCUT2D eigenvalue weighted by Gasteiger charge is 2.17. The molecule has 0 spiro atoms. The number of methoxy groups -OCH3 is 1. The van der Waals surface area contributed by atoms with Crippen LogP contribution in [0.15, 0.2) is 48.5 Å². The van der Waals surface area contributed by atoms with Crippen molar-refractivity contribution in [3.8, 4) is 5.75 Å². The highest BCUT2D eigenvalue weighted by Crippen LogP contribution is 2.14. The molecule has 0 heterocycles. The number of amides is 3. The Labute approximate surface area is 163 Å². The van der Waals surface area contributed by atoms with Crippen molar-refractivity contribution < 1.29 is 19.1 Å². The van der Waals surface area contributed by atoms with Crippen LogP contribution >= 0.6 is 0 Å². The summed E-state index contributed by atoms with van der Waals surface area (Å²) in [7, 11) is 1.57.